The van der Waals surface area contributed by atoms with Crippen LogP contribution in [0.4, 0.5) is 11.5 Å². The van der Waals surface area contributed by atoms with Gasteiger partial charge in [-0.2, -0.15) is 0 Å². The van der Waals surface area contributed by atoms with Gasteiger partial charge in [-0.15, -0.1) is 0 Å². The summed E-state index contributed by atoms with van der Waals surface area (Å²) in [7, 11) is 0. The van der Waals surface area contributed by atoms with Crippen molar-refractivity contribution >= 4 is 33.3 Å². The number of carbonyl (C=O) groups excluding carboxylic acids is 1. The molecule has 0 spiro atoms. The lowest BCUT2D eigenvalue weighted by molar-refractivity contribution is 0.102. The minimum absolute atomic E-state index is 0.167. The molecule has 0 aliphatic carbocycles. The van der Waals surface area contributed by atoms with Crippen molar-refractivity contribution in [1.82, 2.24) is 4.98 Å². The Labute approximate surface area is 155 Å². The first-order chi connectivity index (χ1) is 12.1. The van der Waals surface area contributed by atoms with Gasteiger partial charge in [-0.3, -0.25) is 4.79 Å². The molecule has 3 aromatic rings. The van der Waals surface area contributed by atoms with Crippen LogP contribution >= 0.6 is 15.9 Å². The zero-order valence-electron chi connectivity index (χ0n) is 13.8. The van der Waals surface area contributed by atoms with E-state index in [1.54, 1.807) is 18.3 Å². The SMILES string of the molecule is Cc1cccc(CNc2cc(C(=O)Nc3cccc(Br)c3)ccn2)c1. The van der Waals surface area contributed by atoms with E-state index in [0.29, 0.717) is 17.9 Å². The van der Waals surface area contributed by atoms with Gasteiger partial charge in [-0.1, -0.05) is 51.8 Å². The van der Waals surface area contributed by atoms with Crippen molar-refractivity contribution in [3.05, 3.63) is 88.0 Å². The predicted octanol–water partition coefficient (Wildman–Crippen LogP) is 5.02. The maximum Gasteiger partial charge on any atom is 0.255 e. The smallest absolute Gasteiger partial charge is 0.255 e. The second kappa shape index (κ2) is 7.94. The molecule has 0 unspecified atom stereocenters. The molecule has 1 amide bonds. The number of pyridine rings is 1. The highest BCUT2D eigenvalue weighted by Gasteiger charge is 2.08. The third-order valence-electron chi connectivity index (χ3n) is 3.66. The summed E-state index contributed by atoms with van der Waals surface area (Å²) in [5.41, 5.74) is 3.69. The van der Waals surface area contributed by atoms with Crippen molar-refractivity contribution in [3.8, 4) is 0 Å². The minimum atomic E-state index is -0.167. The van der Waals surface area contributed by atoms with Gasteiger partial charge in [0.25, 0.3) is 5.91 Å². The number of nitrogens with zero attached hydrogens (tertiary/aromatic N) is 1. The number of nitrogens with one attached hydrogen (secondary N) is 2. The average Bonchev–Trinajstić information content (AvgIpc) is 2.60. The fraction of sp³-hybridized carbons (Fsp3) is 0.100. The van der Waals surface area contributed by atoms with E-state index in [1.165, 1.54) is 11.1 Å². The van der Waals surface area contributed by atoms with Crippen LogP contribution in [0.5, 0.6) is 0 Å². The Kier molecular flexibility index (Phi) is 5.46. The first-order valence-corrected chi connectivity index (χ1v) is 8.72. The van der Waals surface area contributed by atoms with E-state index in [4.69, 9.17) is 0 Å². The fourth-order valence-corrected chi connectivity index (χ4v) is 2.85. The van der Waals surface area contributed by atoms with Crippen molar-refractivity contribution in [2.75, 3.05) is 10.6 Å². The number of hydrogen-bond donors (Lipinski definition) is 2. The van der Waals surface area contributed by atoms with E-state index in [9.17, 15) is 4.79 Å². The molecule has 0 saturated carbocycles. The van der Waals surface area contributed by atoms with Crippen LogP contribution in [0.1, 0.15) is 21.5 Å². The number of halogens is 1. The molecular weight excluding hydrogens is 378 g/mol. The minimum Gasteiger partial charge on any atom is -0.366 e. The number of aromatic nitrogens is 1. The molecule has 0 bridgehead atoms. The van der Waals surface area contributed by atoms with Gasteiger partial charge < -0.3 is 10.6 Å². The molecule has 2 N–H and O–H groups in total. The topological polar surface area (TPSA) is 54.0 Å². The summed E-state index contributed by atoms with van der Waals surface area (Å²) < 4.78 is 0.917. The zero-order valence-corrected chi connectivity index (χ0v) is 15.4. The van der Waals surface area contributed by atoms with E-state index in [0.717, 1.165) is 10.2 Å². The second-order valence-electron chi connectivity index (χ2n) is 5.74. The molecule has 0 atom stereocenters. The Bertz CT molecular complexity index is 895. The molecule has 25 heavy (non-hydrogen) atoms. The third kappa shape index (κ3) is 4.90. The molecule has 0 aliphatic heterocycles. The normalized spacial score (nSPS) is 10.3. The van der Waals surface area contributed by atoms with Gasteiger partial charge in [-0.05, 0) is 42.8 Å². The highest BCUT2D eigenvalue weighted by Crippen LogP contribution is 2.17. The Balaban J connectivity index is 1.67. The van der Waals surface area contributed by atoms with Crippen LogP contribution in [-0.4, -0.2) is 10.9 Å². The lowest BCUT2D eigenvalue weighted by atomic mass is 10.1. The van der Waals surface area contributed by atoms with E-state index >= 15 is 0 Å². The number of aryl methyl sites for hydroxylation is 1. The van der Waals surface area contributed by atoms with Crippen molar-refractivity contribution in [3.63, 3.8) is 0 Å². The summed E-state index contributed by atoms with van der Waals surface area (Å²) in [5, 5.41) is 6.14. The van der Waals surface area contributed by atoms with Gasteiger partial charge in [0.1, 0.15) is 5.82 Å². The van der Waals surface area contributed by atoms with E-state index in [-0.39, 0.29) is 5.91 Å². The molecule has 126 valence electrons. The molecule has 2 aromatic carbocycles. The number of anilines is 2. The molecule has 0 fully saturated rings. The molecule has 0 radical (unpaired) electrons. The summed E-state index contributed by atoms with van der Waals surface area (Å²) in [5.74, 6) is 0.502. The highest BCUT2D eigenvalue weighted by atomic mass is 79.9. The van der Waals surface area contributed by atoms with Crippen molar-refractivity contribution in [2.45, 2.75) is 13.5 Å². The van der Waals surface area contributed by atoms with Crippen LogP contribution in [0.15, 0.2) is 71.3 Å². The summed E-state index contributed by atoms with van der Waals surface area (Å²) in [4.78, 5) is 16.7. The molecule has 0 saturated heterocycles. The van der Waals surface area contributed by atoms with E-state index in [1.807, 2.05) is 30.3 Å². The van der Waals surface area contributed by atoms with Crippen LogP contribution in [0.25, 0.3) is 0 Å². The van der Waals surface area contributed by atoms with Crippen LogP contribution in [-0.2, 0) is 6.54 Å². The maximum atomic E-state index is 12.4. The zero-order chi connectivity index (χ0) is 17.6. The second-order valence-corrected chi connectivity index (χ2v) is 6.65. The number of amides is 1. The Morgan fingerprint density at radius 1 is 1.08 bits per heavy atom. The number of benzene rings is 2. The lowest BCUT2D eigenvalue weighted by Gasteiger charge is -2.09. The van der Waals surface area contributed by atoms with E-state index in [2.05, 4.69) is 56.7 Å². The van der Waals surface area contributed by atoms with Gasteiger partial charge in [0, 0.05) is 28.5 Å². The van der Waals surface area contributed by atoms with Gasteiger partial charge in [-0.25, -0.2) is 4.98 Å². The maximum absolute atomic E-state index is 12.4. The quantitative estimate of drug-likeness (QED) is 0.637. The van der Waals surface area contributed by atoms with E-state index < -0.39 is 0 Å². The molecule has 1 heterocycles. The predicted molar refractivity (Wildman–Crippen MR) is 105 cm³/mol. The first-order valence-electron chi connectivity index (χ1n) is 7.92. The van der Waals surface area contributed by atoms with Gasteiger partial charge in [0.05, 0.1) is 0 Å². The molecule has 4 nitrogen and oxygen atoms in total. The summed E-state index contributed by atoms with van der Waals surface area (Å²) in [6.07, 6.45) is 1.63. The van der Waals surface area contributed by atoms with Gasteiger partial charge in [0.15, 0.2) is 0 Å². The van der Waals surface area contributed by atoms with Crippen molar-refractivity contribution in [2.24, 2.45) is 0 Å². The summed E-state index contributed by atoms with van der Waals surface area (Å²) in [6, 6.07) is 19.2. The lowest BCUT2D eigenvalue weighted by Crippen LogP contribution is -2.12. The van der Waals surface area contributed by atoms with Crippen LogP contribution in [0, 0.1) is 6.92 Å². The van der Waals surface area contributed by atoms with Crippen molar-refractivity contribution < 1.29 is 4.79 Å². The van der Waals surface area contributed by atoms with Crippen LogP contribution in [0.2, 0.25) is 0 Å². The molecule has 0 aliphatic rings. The first kappa shape index (κ1) is 17.2. The standard InChI is InChI=1S/C20H18BrN3O/c1-14-4-2-5-15(10-14)13-23-19-11-16(8-9-22-19)20(25)24-18-7-3-6-17(21)12-18/h2-12H,13H2,1H3,(H,22,23)(H,24,25). The number of rotatable bonds is 5. The molecule has 5 heteroatoms. The van der Waals surface area contributed by atoms with Crippen LogP contribution in [0.3, 0.4) is 0 Å². The van der Waals surface area contributed by atoms with Gasteiger partial charge in [0.2, 0.25) is 0 Å². The largest absolute Gasteiger partial charge is 0.366 e. The van der Waals surface area contributed by atoms with Crippen molar-refractivity contribution in [1.29, 1.82) is 0 Å². The molecular formula is C20H18BrN3O. The summed E-state index contributed by atoms with van der Waals surface area (Å²) in [6.45, 7) is 2.72. The monoisotopic (exact) mass is 395 g/mol. The highest BCUT2D eigenvalue weighted by molar-refractivity contribution is 9.10. The number of carbonyl (C=O) groups is 1. The summed E-state index contributed by atoms with van der Waals surface area (Å²) >= 11 is 3.40. The van der Waals surface area contributed by atoms with Crippen LogP contribution < -0.4 is 10.6 Å². The fourth-order valence-electron chi connectivity index (χ4n) is 2.45. The third-order valence-corrected chi connectivity index (χ3v) is 4.15. The Hall–Kier alpha value is -2.66. The number of hydrogen-bond acceptors (Lipinski definition) is 3. The van der Waals surface area contributed by atoms with Gasteiger partial charge >= 0.3 is 0 Å². The average molecular weight is 396 g/mol. The Morgan fingerprint density at radius 3 is 2.72 bits per heavy atom. The molecule has 1 aromatic heterocycles. The molecule has 3 rings (SSSR count). The Morgan fingerprint density at radius 2 is 1.92 bits per heavy atom.